The normalized spacial score (nSPS) is 18.7. The third-order valence-corrected chi connectivity index (χ3v) is 16.4. The molecule has 9 aromatic rings. The Hall–Kier alpha value is -8.85. The predicted molar refractivity (Wildman–Crippen MR) is 357 cm³/mol. The van der Waals surface area contributed by atoms with Crippen LogP contribution in [0.25, 0.3) is 0 Å². The van der Waals surface area contributed by atoms with Gasteiger partial charge < -0.3 is 30.2 Å². The highest BCUT2D eigenvalue weighted by atomic mass is 16.5. The molecule has 12 heteroatoms. The molecule has 6 N–H and O–H groups in total. The highest BCUT2D eigenvalue weighted by Crippen LogP contribution is 2.41. The van der Waals surface area contributed by atoms with Crippen LogP contribution in [0.15, 0.2) is 273 Å². The number of nitrogens with one attached hydrogen (secondary N) is 6. The second-order valence-electron chi connectivity index (χ2n) is 24.4. The molecule has 0 saturated carbocycles. The van der Waals surface area contributed by atoms with E-state index in [0.29, 0.717) is 37.6 Å². The highest BCUT2D eigenvalue weighted by Gasteiger charge is 2.51. The minimum Gasteiger partial charge on any atom is -0.356 e. The van der Waals surface area contributed by atoms with Crippen molar-refractivity contribution in [3.05, 3.63) is 323 Å². The maximum atomic E-state index is 12.6. The number of hydrogen-bond donors (Lipinski definition) is 6. The SMILES string of the molecule is CC(C)COC1NC(=O)C1NC(c1ccccc1)(c1ccccc1)c1ccccc1.CC(C)CO[C@@H]1NC(=O)[C@H]1NC(c1ccccc1)(c1ccccc1)c1ccccc1.CC(C)CO[C@H]1NC(=O)[C@@H]1NC(c1ccccc1)(c1ccccc1)c1ccccc1. The fourth-order valence-corrected chi connectivity index (χ4v) is 11.9. The molecule has 12 rings (SSSR count). The van der Waals surface area contributed by atoms with E-state index in [1.54, 1.807) is 0 Å². The number of ether oxygens (including phenoxy) is 3. The first-order valence-electron chi connectivity index (χ1n) is 31.4. The Labute approximate surface area is 531 Å². The van der Waals surface area contributed by atoms with Crippen molar-refractivity contribution in [2.75, 3.05) is 19.8 Å². The molecule has 0 spiro atoms. The Balaban J connectivity index is 0.000000148. The van der Waals surface area contributed by atoms with Crippen molar-refractivity contribution >= 4 is 17.7 Å². The summed E-state index contributed by atoms with van der Waals surface area (Å²) >= 11 is 0. The summed E-state index contributed by atoms with van der Waals surface area (Å²) in [6.07, 6.45) is -1.05. The summed E-state index contributed by atoms with van der Waals surface area (Å²) in [5.41, 5.74) is 7.60. The summed E-state index contributed by atoms with van der Waals surface area (Å²) in [6.45, 7) is 14.4. The van der Waals surface area contributed by atoms with Crippen LogP contribution in [0.3, 0.4) is 0 Å². The zero-order valence-electron chi connectivity index (χ0n) is 52.2. The van der Waals surface area contributed by atoms with Crippen molar-refractivity contribution in [2.24, 2.45) is 17.8 Å². The molecule has 3 heterocycles. The van der Waals surface area contributed by atoms with Gasteiger partial charge in [-0.25, -0.2) is 0 Å². The van der Waals surface area contributed by atoms with Crippen LogP contribution in [-0.4, -0.2) is 74.4 Å². The number of benzene rings is 9. The molecule has 462 valence electrons. The molecule has 3 amide bonds. The molecule has 3 aliphatic heterocycles. The summed E-state index contributed by atoms with van der Waals surface area (Å²) in [6, 6.07) is 91.2. The van der Waals surface area contributed by atoms with E-state index in [4.69, 9.17) is 14.2 Å². The third kappa shape index (κ3) is 14.4. The van der Waals surface area contributed by atoms with Gasteiger partial charge in [0.25, 0.3) is 0 Å². The fourth-order valence-electron chi connectivity index (χ4n) is 11.9. The van der Waals surface area contributed by atoms with Crippen molar-refractivity contribution < 1.29 is 28.6 Å². The van der Waals surface area contributed by atoms with E-state index in [0.717, 1.165) is 50.1 Å². The van der Waals surface area contributed by atoms with Gasteiger partial charge >= 0.3 is 0 Å². The van der Waals surface area contributed by atoms with E-state index < -0.39 is 34.7 Å². The topological polar surface area (TPSA) is 151 Å². The van der Waals surface area contributed by atoms with Crippen molar-refractivity contribution in [3.8, 4) is 0 Å². The van der Waals surface area contributed by atoms with Crippen LogP contribution in [0.1, 0.15) is 91.6 Å². The maximum absolute atomic E-state index is 12.6. The van der Waals surface area contributed by atoms with Gasteiger partial charge in [0.1, 0.15) is 18.1 Å². The van der Waals surface area contributed by atoms with Gasteiger partial charge in [-0.2, -0.15) is 0 Å². The lowest BCUT2D eigenvalue weighted by molar-refractivity contribution is -0.150. The van der Waals surface area contributed by atoms with Crippen LogP contribution in [0, 0.1) is 17.8 Å². The van der Waals surface area contributed by atoms with Gasteiger partial charge in [-0.05, 0) is 67.8 Å². The summed E-state index contributed by atoms with van der Waals surface area (Å²) in [7, 11) is 0. The smallest absolute Gasteiger partial charge is 0.243 e. The summed E-state index contributed by atoms with van der Waals surface area (Å²) in [5, 5.41) is 19.8. The number of amides is 3. The van der Waals surface area contributed by atoms with Gasteiger partial charge in [-0.3, -0.25) is 30.3 Å². The molecule has 0 radical (unpaired) electrons. The third-order valence-electron chi connectivity index (χ3n) is 16.4. The lowest BCUT2D eigenvalue weighted by atomic mass is 9.76. The molecule has 3 fully saturated rings. The van der Waals surface area contributed by atoms with Crippen LogP contribution >= 0.6 is 0 Å². The van der Waals surface area contributed by atoms with Gasteiger partial charge in [-0.15, -0.1) is 0 Å². The zero-order valence-corrected chi connectivity index (χ0v) is 52.2. The first kappa shape index (κ1) is 64.1. The first-order chi connectivity index (χ1) is 43.8. The molecular weight excluding hydrogens is 1120 g/mol. The predicted octanol–water partition coefficient (Wildman–Crippen LogP) is 12.2. The monoisotopic (exact) mass is 1200 g/mol. The molecular formula is C78H84N6O6. The Morgan fingerprint density at radius 3 is 0.544 bits per heavy atom. The molecule has 9 aromatic carbocycles. The number of hydrogen-bond acceptors (Lipinski definition) is 9. The lowest BCUT2D eigenvalue weighted by Gasteiger charge is -2.45. The molecule has 0 aliphatic carbocycles. The molecule has 3 aliphatic rings. The van der Waals surface area contributed by atoms with Gasteiger partial charge in [-0.1, -0.05) is 315 Å². The number of carbonyl (C=O) groups is 3. The molecule has 6 atom stereocenters. The lowest BCUT2D eigenvalue weighted by Crippen LogP contribution is -2.72. The zero-order chi connectivity index (χ0) is 62.9. The van der Waals surface area contributed by atoms with Crippen LogP contribution in [0.5, 0.6) is 0 Å². The second kappa shape index (κ2) is 30.1. The largest absolute Gasteiger partial charge is 0.356 e. The van der Waals surface area contributed by atoms with Crippen LogP contribution in [-0.2, 0) is 45.2 Å². The van der Waals surface area contributed by atoms with E-state index >= 15 is 0 Å². The van der Waals surface area contributed by atoms with E-state index in [1.807, 2.05) is 164 Å². The number of carbonyl (C=O) groups excluding carboxylic acids is 3. The molecule has 12 nitrogen and oxygen atoms in total. The summed E-state index contributed by atoms with van der Waals surface area (Å²) < 4.78 is 17.9. The Morgan fingerprint density at radius 1 is 0.278 bits per heavy atom. The molecule has 0 aromatic heterocycles. The standard InChI is InChI=1S/3C26H28N2O2/c3*1-19(2)18-30-25-23(24(29)27-25)28-26(20-12-6-3-7-13-20,21-14-8-4-9-15-21)22-16-10-5-11-17-22/h3*3-17,19,23,25,28H,18H2,1-2H3,(H,27,29)/t2*23-,25+;/m10./s1. The van der Waals surface area contributed by atoms with Crippen molar-refractivity contribution in [2.45, 2.75) is 95.0 Å². The van der Waals surface area contributed by atoms with Gasteiger partial charge in [0, 0.05) is 0 Å². The van der Waals surface area contributed by atoms with E-state index in [2.05, 4.69) is 183 Å². The van der Waals surface area contributed by atoms with Gasteiger partial charge in [0.15, 0.2) is 18.7 Å². The summed E-state index contributed by atoms with van der Waals surface area (Å²) in [5.74, 6) is 1.05. The molecule has 0 bridgehead atoms. The number of rotatable bonds is 24. The van der Waals surface area contributed by atoms with Gasteiger partial charge in [0.2, 0.25) is 17.7 Å². The van der Waals surface area contributed by atoms with Crippen molar-refractivity contribution in [1.29, 1.82) is 0 Å². The van der Waals surface area contributed by atoms with Crippen molar-refractivity contribution in [3.63, 3.8) is 0 Å². The Kier molecular flexibility index (Phi) is 21.5. The van der Waals surface area contributed by atoms with E-state index in [1.165, 1.54) is 0 Å². The minimum atomic E-state index is -0.689. The average Bonchev–Trinajstić information content (AvgIpc) is 0.829. The van der Waals surface area contributed by atoms with Crippen LogP contribution < -0.4 is 31.9 Å². The number of β-lactam (4-membered cyclic amide) rings is 3. The fraction of sp³-hybridized carbons (Fsp3) is 0.269. The van der Waals surface area contributed by atoms with E-state index in [-0.39, 0.29) is 36.4 Å². The first-order valence-corrected chi connectivity index (χ1v) is 31.4. The highest BCUT2D eigenvalue weighted by molar-refractivity contribution is 5.90. The quantitative estimate of drug-likeness (QED) is 0.0257. The second-order valence-corrected chi connectivity index (χ2v) is 24.4. The Morgan fingerprint density at radius 2 is 0.422 bits per heavy atom. The summed E-state index contributed by atoms with van der Waals surface area (Å²) in [4.78, 5) is 37.8. The average molecular weight is 1200 g/mol. The van der Waals surface area contributed by atoms with E-state index in [9.17, 15) is 14.4 Å². The van der Waals surface area contributed by atoms with Crippen LogP contribution in [0.4, 0.5) is 0 Å². The molecule has 3 saturated heterocycles. The molecule has 90 heavy (non-hydrogen) atoms. The maximum Gasteiger partial charge on any atom is 0.243 e. The van der Waals surface area contributed by atoms with Crippen LogP contribution in [0.2, 0.25) is 0 Å². The van der Waals surface area contributed by atoms with Gasteiger partial charge in [0.05, 0.1) is 36.4 Å². The Bertz CT molecular complexity index is 2970. The minimum absolute atomic E-state index is 0.0454. The molecule has 2 unspecified atom stereocenters. The van der Waals surface area contributed by atoms with Crippen molar-refractivity contribution in [1.82, 2.24) is 31.9 Å².